The van der Waals surface area contributed by atoms with Gasteiger partial charge in [0.05, 0.1) is 10.5 Å². The van der Waals surface area contributed by atoms with Gasteiger partial charge in [0, 0.05) is 17.5 Å². The van der Waals surface area contributed by atoms with Gasteiger partial charge < -0.3 is 13.9 Å². The van der Waals surface area contributed by atoms with E-state index in [0.29, 0.717) is 23.7 Å². The first kappa shape index (κ1) is 14.2. The zero-order chi connectivity index (χ0) is 14.0. The van der Waals surface area contributed by atoms with Crippen LogP contribution >= 0.6 is 22.6 Å². The monoisotopic (exact) mass is 374 g/mol. The smallest absolute Gasteiger partial charge is 0.336 e. The Morgan fingerprint density at radius 1 is 1.26 bits per heavy atom. The SMILES string of the molecule is COc1cc2ccc(=O)oc2cc1OCC(C)(C)I. The maximum atomic E-state index is 11.2. The van der Waals surface area contributed by atoms with Crippen molar-refractivity contribution in [1.29, 1.82) is 0 Å². The highest BCUT2D eigenvalue weighted by atomic mass is 127. The molecule has 4 nitrogen and oxygen atoms in total. The number of hydrogen-bond donors (Lipinski definition) is 0. The van der Waals surface area contributed by atoms with E-state index in [1.807, 2.05) is 0 Å². The Bertz CT molecular complexity index is 640. The van der Waals surface area contributed by atoms with Crippen molar-refractivity contribution in [2.45, 2.75) is 17.3 Å². The van der Waals surface area contributed by atoms with Crippen LogP contribution in [0.15, 0.2) is 33.5 Å². The number of fused-ring (bicyclic) bond motifs is 1. The van der Waals surface area contributed by atoms with Crippen molar-refractivity contribution < 1.29 is 13.9 Å². The molecule has 0 atom stereocenters. The quantitative estimate of drug-likeness (QED) is 0.468. The molecule has 1 heterocycles. The molecule has 0 radical (unpaired) electrons. The van der Waals surface area contributed by atoms with E-state index in [4.69, 9.17) is 13.9 Å². The molecule has 0 aliphatic rings. The molecule has 102 valence electrons. The minimum atomic E-state index is -0.377. The molecule has 0 amide bonds. The molecule has 0 fully saturated rings. The fraction of sp³-hybridized carbons (Fsp3) is 0.357. The molecule has 0 bridgehead atoms. The van der Waals surface area contributed by atoms with Crippen molar-refractivity contribution in [3.8, 4) is 11.5 Å². The van der Waals surface area contributed by atoms with E-state index in [-0.39, 0.29) is 9.05 Å². The summed E-state index contributed by atoms with van der Waals surface area (Å²) >= 11 is 2.31. The van der Waals surface area contributed by atoms with Gasteiger partial charge in [-0.25, -0.2) is 4.79 Å². The van der Waals surface area contributed by atoms with Crippen molar-refractivity contribution in [3.63, 3.8) is 0 Å². The van der Waals surface area contributed by atoms with E-state index in [9.17, 15) is 4.79 Å². The van der Waals surface area contributed by atoms with Gasteiger partial charge in [-0.2, -0.15) is 0 Å². The van der Waals surface area contributed by atoms with Gasteiger partial charge in [-0.15, -0.1) is 0 Å². The fourth-order valence-electron chi connectivity index (χ4n) is 1.60. The number of methoxy groups -OCH3 is 1. The molecular weight excluding hydrogens is 359 g/mol. The third-order valence-corrected chi connectivity index (χ3v) is 2.79. The third-order valence-electron chi connectivity index (χ3n) is 2.48. The number of benzene rings is 1. The van der Waals surface area contributed by atoms with E-state index in [0.717, 1.165) is 5.39 Å². The summed E-state index contributed by atoms with van der Waals surface area (Å²) in [5.41, 5.74) is 0.118. The summed E-state index contributed by atoms with van der Waals surface area (Å²) in [5.74, 6) is 1.20. The molecule has 0 saturated carbocycles. The van der Waals surface area contributed by atoms with E-state index in [1.165, 1.54) is 6.07 Å². The molecule has 1 aromatic heterocycles. The lowest BCUT2D eigenvalue weighted by molar-refractivity contribution is 0.276. The summed E-state index contributed by atoms with van der Waals surface area (Å²) in [7, 11) is 1.59. The van der Waals surface area contributed by atoms with Crippen LogP contribution in [0.4, 0.5) is 0 Å². The second kappa shape index (κ2) is 5.40. The molecule has 0 saturated heterocycles. The molecule has 2 rings (SSSR count). The first-order chi connectivity index (χ1) is 8.89. The summed E-state index contributed by atoms with van der Waals surface area (Å²) in [5, 5.41) is 0.803. The van der Waals surface area contributed by atoms with Crippen LogP contribution in [0.1, 0.15) is 13.8 Å². The number of hydrogen-bond acceptors (Lipinski definition) is 4. The van der Waals surface area contributed by atoms with E-state index in [2.05, 4.69) is 36.4 Å². The largest absolute Gasteiger partial charge is 0.493 e. The molecular formula is C14H15IO4. The normalized spacial score (nSPS) is 11.6. The molecule has 0 aliphatic carbocycles. The van der Waals surface area contributed by atoms with Crippen molar-refractivity contribution in [3.05, 3.63) is 34.7 Å². The molecule has 2 aromatic rings. The van der Waals surface area contributed by atoms with Gasteiger partial charge in [-0.3, -0.25) is 0 Å². The zero-order valence-electron chi connectivity index (χ0n) is 11.0. The van der Waals surface area contributed by atoms with Gasteiger partial charge in [-0.1, -0.05) is 22.6 Å². The lowest BCUT2D eigenvalue weighted by Crippen LogP contribution is -2.20. The molecule has 5 heteroatoms. The Balaban J connectivity index is 2.43. The van der Waals surface area contributed by atoms with Crippen LogP contribution in [0.25, 0.3) is 11.0 Å². The lowest BCUT2D eigenvalue weighted by atomic mass is 10.2. The van der Waals surface area contributed by atoms with Crippen LogP contribution in [0.3, 0.4) is 0 Å². The van der Waals surface area contributed by atoms with Gasteiger partial charge in [0.15, 0.2) is 11.5 Å². The summed E-state index contributed by atoms with van der Waals surface area (Å²) in [4.78, 5) is 11.2. The first-order valence-corrected chi connectivity index (χ1v) is 6.90. The number of ether oxygens (including phenoxy) is 2. The van der Waals surface area contributed by atoms with Gasteiger partial charge >= 0.3 is 5.63 Å². The Hall–Kier alpha value is -1.24. The average molecular weight is 374 g/mol. The van der Waals surface area contributed by atoms with Gasteiger partial charge in [-0.05, 0) is 26.0 Å². The van der Waals surface area contributed by atoms with E-state index < -0.39 is 0 Å². The van der Waals surface area contributed by atoms with Crippen LogP contribution < -0.4 is 15.1 Å². The first-order valence-electron chi connectivity index (χ1n) is 5.83. The molecule has 0 spiro atoms. The zero-order valence-corrected chi connectivity index (χ0v) is 13.2. The highest BCUT2D eigenvalue weighted by molar-refractivity contribution is 14.1. The van der Waals surface area contributed by atoms with E-state index in [1.54, 1.807) is 25.3 Å². The van der Waals surface area contributed by atoms with Gasteiger partial charge in [0.1, 0.15) is 12.2 Å². The molecule has 0 N–H and O–H groups in total. The van der Waals surface area contributed by atoms with E-state index >= 15 is 0 Å². The second-order valence-electron chi connectivity index (χ2n) is 4.80. The van der Waals surface area contributed by atoms with Crippen LogP contribution in [0.2, 0.25) is 0 Å². The molecule has 1 aromatic carbocycles. The number of rotatable bonds is 4. The van der Waals surface area contributed by atoms with Gasteiger partial charge in [0.25, 0.3) is 0 Å². The average Bonchev–Trinajstić information content (AvgIpc) is 2.34. The highest BCUT2D eigenvalue weighted by Crippen LogP contribution is 2.33. The topological polar surface area (TPSA) is 48.7 Å². The van der Waals surface area contributed by atoms with Crippen molar-refractivity contribution in [1.82, 2.24) is 0 Å². The van der Waals surface area contributed by atoms with Crippen molar-refractivity contribution in [2.75, 3.05) is 13.7 Å². The summed E-state index contributed by atoms with van der Waals surface area (Å²) in [6, 6.07) is 6.58. The minimum absolute atomic E-state index is 0.00918. The number of halogens is 1. The van der Waals surface area contributed by atoms with Crippen LogP contribution in [-0.4, -0.2) is 17.1 Å². The Morgan fingerprint density at radius 2 is 2.00 bits per heavy atom. The molecule has 0 unspecified atom stereocenters. The summed E-state index contributed by atoms with van der Waals surface area (Å²) < 4.78 is 16.2. The molecule has 0 aliphatic heterocycles. The van der Waals surface area contributed by atoms with Crippen molar-refractivity contribution >= 4 is 33.6 Å². The fourth-order valence-corrected chi connectivity index (χ4v) is 1.75. The lowest BCUT2D eigenvalue weighted by Gasteiger charge is -2.18. The van der Waals surface area contributed by atoms with Crippen molar-refractivity contribution in [2.24, 2.45) is 0 Å². The maximum Gasteiger partial charge on any atom is 0.336 e. The Morgan fingerprint density at radius 3 is 2.63 bits per heavy atom. The maximum absolute atomic E-state index is 11.2. The predicted molar refractivity (Wildman–Crippen MR) is 82.6 cm³/mol. The van der Waals surface area contributed by atoms with Crippen LogP contribution in [-0.2, 0) is 0 Å². The molecule has 19 heavy (non-hydrogen) atoms. The van der Waals surface area contributed by atoms with Crippen LogP contribution in [0.5, 0.6) is 11.5 Å². The second-order valence-corrected chi connectivity index (χ2v) is 7.72. The Kier molecular flexibility index (Phi) is 4.03. The standard InChI is InChI=1S/C14H15IO4/c1-14(2,15)8-18-12-7-10-9(6-11(12)17-3)4-5-13(16)19-10/h4-7H,8H2,1-3H3. The predicted octanol–water partition coefficient (Wildman–Crippen LogP) is 3.39. The summed E-state index contributed by atoms with van der Waals surface area (Å²) in [6.45, 7) is 4.68. The highest BCUT2D eigenvalue weighted by Gasteiger charge is 2.16. The van der Waals surface area contributed by atoms with Gasteiger partial charge in [0.2, 0.25) is 0 Å². The Labute approximate surface area is 124 Å². The number of alkyl halides is 1. The third kappa shape index (κ3) is 3.62. The minimum Gasteiger partial charge on any atom is -0.493 e. The summed E-state index contributed by atoms with van der Waals surface area (Å²) in [6.07, 6.45) is 0. The van der Waals surface area contributed by atoms with Crippen LogP contribution in [0, 0.1) is 0 Å².